The first kappa shape index (κ1) is 13.7. The summed E-state index contributed by atoms with van der Waals surface area (Å²) in [5, 5.41) is 21.2. The number of phenolic OH excluding ortho intramolecular Hbond substituents is 1. The number of nitro groups is 1. The lowest BCUT2D eigenvalue weighted by molar-refractivity contribution is -0.385. The average molecular weight is 293 g/mol. The van der Waals surface area contributed by atoms with Gasteiger partial charge in [0.15, 0.2) is 5.75 Å². The van der Waals surface area contributed by atoms with Gasteiger partial charge in [-0.2, -0.15) is 0 Å². The van der Waals surface area contributed by atoms with Crippen molar-refractivity contribution in [3.63, 3.8) is 0 Å². The molecule has 3 rings (SSSR count). The fourth-order valence-electron chi connectivity index (χ4n) is 2.06. The molecule has 1 aromatic heterocycles. The molecule has 0 aliphatic carbocycles. The van der Waals surface area contributed by atoms with Gasteiger partial charge in [-0.05, 0) is 42.0 Å². The number of phenols is 1. The first-order chi connectivity index (χ1) is 10.6. The highest BCUT2D eigenvalue weighted by Crippen LogP contribution is 2.26. The molecule has 1 N–H and O–H groups in total. The van der Waals surface area contributed by atoms with Gasteiger partial charge in [-0.1, -0.05) is 6.07 Å². The molecule has 1 heterocycles. The number of fused-ring (bicyclic) bond motifs is 1. The maximum atomic E-state index is 10.8. The summed E-state index contributed by atoms with van der Waals surface area (Å²) in [5.41, 5.74) is 1.79. The van der Waals surface area contributed by atoms with E-state index in [9.17, 15) is 15.2 Å². The summed E-state index contributed by atoms with van der Waals surface area (Å²) in [6, 6.07) is 13.5. The minimum absolute atomic E-state index is 0.341. The largest absolute Gasteiger partial charge is 0.502 e. The third kappa shape index (κ3) is 2.76. The Kier molecular flexibility index (Phi) is 3.49. The van der Waals surface area contributed by atoms with Crippen LogP contribution in [-0.4, -0.2) is 21.2 Å². The maximum Gasteiger partial charge on any atom is 0.311 e. The second kappa shape index (κ2) is 5.61. The predicted molar refractivity (Wildman–Crippen MR) is 83.8 cm³/mol. The summed E-state index contributed by atoms with van der Waals surface area (Å²) in [6.45, 7) is 0. The standard InChI is InChI=1S/C16H11N3O3/c20-16-6-3-11(8-15(16)19(21)22)10-18-13-4-5-14-12(9-13)2-1-7-17-14/h1-10,20H. The van der Waals surface area contributed by atoms with Crippen LogP contribution in [0.25, 0.3) is 10.9 Å². The Morgan fingerprint density at radius 3 is 2.86 bits per heavy atom. The molecule has 6 heteroatoms. The average Bonchev–Trinajstić information content (AvgIpc) is 2.53. The van der Waals surface area contributed by atoms with Crippen LogP contribution in [0.1, 0.15) is 5.56 Å². The second-order valence-corrected chi connectivity index (χ2v) is 4.64. The summed E-state index contributed by atoms with van der Waals surface area (Å²) in [4.78, 5) is 18.7. The van der Waals surface area contributed by atoms with Crippen molar-refractivity contribution < 1.29 is 10.0 Å². The highest BCUT2D eigenvalue weighted by molar-refractivity contribution is 5.86. The fourth-order valence-corrected chi connectivity index (χ4v) is 2.06. The highest BCUT2D eigenvalue weighted by Gasteiger charge is 2.12. The Labute approximate surface area is 125 Å². The molecule has 3 aromatic rings. The van der Waals surface area contributed by atoms with Crippen LogP contribution in [0.15, 0.2) is 59.7 Å². The molecule has 0 fully saturated rings. The lowest BCUT2D eigenvalue weighted by atomic mass is 10.2. The van der Waals surface area contributed by atoms with Gasteiger partial charge in [0.05, 0.1) is 16.1 Å². The molecule has 0 aliphatic heterocycles. The van der Waals surface area contributed by atoms with Crippen molar-refractivity contribution in [2.45, 2.75) is 0 Å². The molecule has 0 unspecified atom stereocenters. The summed E-state index contributed by atoms with van der Waals surface area (Å²) in [7, 11) is 0. The number of hydrogen-bond donors (Lipinski definition) is 1. The van der Waals surface area contributed by atoms with Gasteiger partial charge in [-0.3, -0.25) is 20.1 Å². The Morgan fingerprint density at radius 1 is 1.18 bits per heavy atom. The van der Waals surface area contributed by atoms with Crippen LogP contribution in [-0.2, 0) is 0 Å². The molecule has 0 spiro atoms. The summed E-state index contributed by atoms with van der Waals surface area (Å²) < 4.78 is 0. The van der Waals surface area contributed by atoms with Crippen LogP contribution < -0.4 is 0 Å². The number of nitro benzene ring substituents is 1. The van der Waals surface area contributed by atoms with E-state index in [4.69, 9.17) is 0 Å². The zero-order valence-electron chi connectivity index (χ0n) is 11.4. The zero-order chi connectivity index (χ0) is 15.5. The van der Waals surface area contributed by atoms with Gasteiger partial charge in [0.2, 0.25) is 0 Å². The zero-order valence-corrected chi connectivity index (χ0v) is 11.4. The van der Waals surface area contributed by atoms with Gasteiger partial charge in [0.25, 0.3) is 0 Å². The van der Waals surface area contributed by atoms with Gasteiger partial charge in [-0.15, -0.1) is 0 Å². The first-order valence-electron chi connectivity index (χ1n) is 6.50. The topological polar surface area (TPSA) is 88.6 Å². The Bertz CT molecular complexity index is 891. The lowest BCUT2D eigenvalue weighted by Gasteiger charge is -1.99. The number of aliphatic imine (C=N–C) groups is 1. The number of hydrogen-bond acceptors (Lipinski definition) is 5. The number of aromatic nitrogens is 1. The van der Waals surface area contributed by atoms with Crippen molar-refractivity contribution in [3.05, 3.63) is 70.4 Å². The van der Waals surface area contributed by atoms with E-state index >= 15 is 0 Å². The molecule has 108 valence electrons. The lowest BCUT2D eigenvalue weighted by Crippen LogP contribution is -1.90. The van der Waals surface area contributed by atoms with Gasteiger partial charge in [0, 0.05) is 23.9 Å². The van der Waals surface area contributed by atoms with Crippen LogP contribution >= 0.6 is 0 Å². The fraction of sp³-hybridized carbons (Fsp3) is 0. The van der Waals surface area contributed by atoms with Crippen LogP contribution in [0.2, 0.25) is 0 Å². The van der Waals surface area contributed by atoms with E-state index in [1.807, 2.05) is 30.3 Å². The SMILES string of the molecule is O=[N+]([O-])c1cc(C=Nc2ccc3ncccc3c2)ccc1O. The minimum atomic E-state index is -0.631. The van der Waals surface area contributed by atoms with Crippen molar-refractivity contribution in [2.24, 2.45) is 4.99 Å². The van der Waals surface area contributed by atoms with E-state index < -0.39 is 4.92 Å². The summed E-state index contributed by atoms with van der Waals surface area (Å²) in [6.07, 6.45) is 3.24. The number of benzene rings is 2. The van der Waals surface area contributed by atoms with Crippen LogP contribution in [0.5, 0.6) is 5.75 Å². The molecular weight excluding hydrogens is 282 g/mol. The van der Waals surface area contributed by atoms with Gasteiger partial charge < -0.3 is 5.11 Å². The van der Waals surface area contributed by atoms with E-state index in [1.165, 1.54) is 18.3 Å². The molecule has 0 amide bonds. The molecule has 6 nitrogen and oxygen atoms in total. The number of pyridine rings is 1. The Hall–Kier alpha value is -3.28. The van der Waals surface area contributed by atoms with Gasteiger partial charge in [0.1, 0.15) is 0 Å². The van der Waals surface area contributed by atoms with E-state index in [0.717, 1.165) is 16.6 Å². The van der Waals surface area contributed by atoms with E-state index in [2.05, 4.69) is 9.98 Å². The highest BCUT2D eigenvalue weighted by atomic mass is 16.6. The smallest absolute Gasteiger partial charge is 0.311 e. The monoisotopic (exact) mass is 293 g/mol. The third-order valence-corrected chi connectivity index (χ3v) is 3.15. The number of aromatic hydroxyl groups is 1. The second-order valence-electron chi connectivity index (χ2n) is 4.64. The molecule has 2 aromatic carbocycles. The van der Waals surface area contributed by atoms with Crippen molar-refractivity contribution in [1.29, 1.82) is 0 Å². The van der Waals surface area contributed by atoms with E-state index in [0.29, 0.717) is 5.56 Å². The molecule has 22 heavy (non-hydrogen) atoms. The molecule has 0 saturated heterocycles. The van der Waals surface area contributed by atoms with Crippen molar-refractivity contribution >= 4 is 28.5 Å². The molecule has 0 aliphatic rings. The Morgan fingerprint density at radius 2 is 2.05 bits per heavy atom. The molecule has 0 atom stereocenters. The third-order valence-electron chi connectivity index (χ3n) is 3.15. The first-order valence-corrected chi connectivity index (χ1v) is 6.50. The van der Waals surface area contributed by atoms with Gasteiger partial charge >= 0.3 is 5.69 Å². The molecule has 0 bridgehead atoms. The van der Waals surface area contributed by atoms with Crippen molar-refractivity contribution in [1.82, 2.24) is 4.98 Å². The Balaban J connectivity index is 1.92. The van der Waals surface area contributed by atoms with Crippen LogP contribution in [0.3, 0.4) is 0 Å². The van der Waals surface area contributed by atoms with Crippen molar-refractivity contribution in [2.75, 3.05) is 0 Å². The van der Waals surface area contributed by atoms with Crippen molar-refractivity contribution in [3.8, 4) is 5.75 Å². The number of nitrogens with zero attached hydrogens (tertiary/aromatic N) is 3. The predicted octanol–water partition coefficient (Wildman–Crippen LogP) is 3.60. The van der Waals surface area contributed by atoms with E-state index in [-0.39, 0.29) is 11.4 Å². The van der Waals surface area contributed by atoms with E-state index in [1.54, 1.807) is 12.3 Å². The van der Waals surface area contributed by atoms with Crippen LogP contribution in [0.4, 0.5) is 11.4 Å². The normalized spacial score (nSPS) is 11.1. The summed E-state index contributed by atoms with van der Waals surface area (Å²) >= 11 is 0. The molecular formula is C16H11N3O3. The van der Waals surface area contributed by atoms with Crippen LogP contribution in [0, 0.1) is 10.1 Å². The number of rotatable bonds is 3. The van der Waals surface area contributed by atoms with Gasteiger partial charge in [-0.25, -0.2) is 0 Å². The quantitative estimate of drug-likeness (QED) is 0.454. The molecule has 0 saturated carbocycles. The molecule has 0 radical (unpaired) electrons. The minimum Gasteiger partial charge on any atom is -0.502 e. The maximum absolute atomic E-state index is 10.8. The summed E-state index contributed by atoms with van der Waals surface area (Å²) in [5.74, 6) is -0.362.